The molecule has 1 N–H and O–H groups in total. The van der Waals surface area contributed by atoms with Crippen LogP contribution in [0.1, 0.15) is 50.7 Å². The highest BCUT2D eigenvalue weighted by atomic mass is 79.9. The van der Waals surface area contributed by atoms with Gasteiger partial charge in [0, 0.05) is 18.4 Å². The van der Waals surface area contributed by atoms with Gasteiger partial charge in [0.25, 0.3) is 0 Å². The topological polar surface area (TPSA) is 86.0 Å². The molecule has 0 aliphatic carbocycles. The number of hydrogen-bond donors (Lipinski definition) is 1. The molecule has 8 heteroatoms. The van der Waals surface area contributed by atoms with Crippen molar-refractivity contribution in [2.75, 3.05) is 13.1 Å². The zero-order valence-electron chi connectivity index (χ0n) is 14.1. The van der Waals surface area contributed by atoms with Gasteiger partial charge in [-0.2, -0.15) is 4.98 Å². The molecule has 1 fully saturated rings. The Morgan fingerprint density at radius 2 is 2.12 bits per heavy atom. The molecule has 3 unspecified atom stereocenters. The van der Waals surface area contributed by atoms with Gasteiger partial charge in [-0.25, -0.2) is 9.97 Å². The van der Waals surface area contributed by atoms with E-state index < -0.39 is 0 Å². The van der Waals surface area contributed by atoms with E-state index in [1.807, 2.05) is 0 Å². The smallest absolute Gasteiger partial charge is 0.232 e. The lowest BCUT2D eigenvalue weighted by atomic mass is 9.82. The second kappa shape index (κ2) is 7.57. The van der Waals surface area contributed by atoms with Gasteiger partial charge < -0.3 is 14.6 Å². The highest BCUT2D eigenvalue weighted by Crippen LogP contribution is 2.33. The minimum Gasteiger partial charge on any atom is -0.473 e. The molecular weight excluding hydrogens is 374 g/mol. The maximum Gasteiger partial charge on any atom is 0.232 e. The Balaban J connectivity index is 1.74. The van der Waals surface area contributed by atoms with E-state index in [2.05, 4.69) is 62.1 Å². The summed E-state index contributed by atoms with van der Waals surface area (Å²) >= 11 is 3.28. The third-order valence-electron chi connectivity index (χ3n) is 4.33. The maximum absolute atomic E-state index is 6.00. The summed E-state index contributed by atoms with van der Waals surface area (Å²) in [5.41, 5.74) is 0. The molecule has 0 bridgehead atoms. The van der Waals surface area contributed by atoms with E-state index in [9.17, 15) is 0 Å². The van der Waals surface area contributed by atoms with Gasteiger partial charge in [0.1, 0.15) is 10.7 Å². The van der Waals surface area contributed by atoms with Gasteiger partial charge in [0.05, 0.1) is 18.3 Å². The van der Waals surface area contributed by atoms with Crippen LogP contribution in [-0.4, -0.2) is 39.3 Å². The second-order valence-corrected chi connectivity index (χ2v) is 7.22. The molecule has 0 spiro atoms. The average Bonchev–Trinajstić information content (AvgIpc) is 3.07. The van der Waals surface area contributed by atoms with Crippen molar-refractivity contribution in [1.82, 2.24) is 25.4 Å². The maximum atomic E-state index is 6.00. The van der Waals surface area contributed by atoms with Gasteiger partial charge in [0.15, 0.2) is 5.82 Å². The summed E-state index contributed by atoms with van der Waals surface area (Å²) in [6.45, 7) is 7.94. The molecule has 2 aromatic heterocycles. The van der Waals surface area contributed by atoms with Gasteiger partial charge >= 0.3 is 0 Å². The molecule has 7 nitrogen and oxygen atoms in total. The summed E-state index contributed by atoms with van der Waals surface area (Å²) < 4.78 is 12.2. The Bertz CT molecular complexity index is 661. The van der Waals surface area contributed by atoms with Crippen LogP contribution in [0.2, 0.25) is 0 Å². The minimum atomic E-state index is -0.0259. The van der Waals surface area contributed by atoms with Crippen molar-refractivity contribution in [1.29, 1.82) is 0 Å². The molecule has 130 valence electrons. The van der Waals surface area contributed by atoms with Crippen LogP contribution in [0.4, 0.5) is 0 Å². The van der Waals surface area contributed by atoms with Crippen LogP contribution in [0.3, 0.4) is 0 Å². The van der Waals surface area contributed by atoms with E-state index in [4.69, 9.17) is 9.26 Å². The molecule has 0 saturated carbocycles. The monoisotopic (exact) mass is 395 g/mol. The molecule has 0 aromatic carbocycles. The van der Waals surface area contributed by atoms with Crippen molar-refractivity contribution in [3.05, 3.63) is 28.7 Å². The average molecular weight is 396 g/mol. The lowest BCUT2D eigenvalue weighted by Crippen LogP contribution is -2.41. The second-order valence-electron chi connectivity index (χ2n) is 6.41. The molecule has 24 heavy (non-hydrogen) atoms. The number of hydrogen-bond acceptors (Lipinski definition) is 7. The molecule has 2 aromatic rings. The van der Waals surface area contributed by atoms with Crippen LogP contribution >= 0.6 is 15.9 Å². The third kappa shape index (κ3) is 3.92. The summed E-state index contributed by atoms with van der Waals surface area (Å²) in [5.74, 6) is 2.63. The number of nitrogens with one attached hydrogen (secondary N) is 1. The lowest BCUT2D eigenvalue weighted by molar-refractivity contribution is 0.0968. The first-order valence-electron chi connectivity index (χ1n) is 8.23. The first-order chi connectivity index (χ1) is 11.5. The summed E-state index contributed by atoms with van der Waals surface area (Å²) in [7, 11) is 0. The number of ether oxygens (including phenoxy) is 1. The lowest BCUT2D eigenvalue weighted by Gasteiger charge is -2.33. The first-order valence-corrected chi connectivity index (χ1v) is 9.02. The van der Waals surface area contributed by atoms with Crippen LogP contribution in [-0.2, 0) is 0 Å². The number of aromatic nitrogens is 4. The van der Waals surface area contributed by atoms with Crippen molar-refractivity contribution >= 4 is 15.9 Å². The summed E-state index contributed by atoms with van der Waals surface area (Å²) in [6.07, 6.45) is 4.21. The molecule has 1 saturated heterocycles. The Hall–Kier alpha value is -1.54. The van der Waals surface area contributed by atoms with Gasteiger partial charge in [-0.3, -0.25) is 0 Å². The largest absolute Gasteiger partial charge is 0.473 e. The summed E-state index contributed by atoms with van der Waals surface area (Å²) in [6, 6.07) is 0. The molecule has 1 aliphatic heterocycles. The van der Waals surface area contributed by atoms with E-state index >= 15 is 0 Å². The zero-order valence-corrected chi connectivity index (χ0v) is 15.7. The molecule has 0 amide bonds. The molecule has 0 radical (unpaired) electrons. The quantitative estimate of drug-likeness (QED) is 0.832. The SMILES string of the molecule is CC(C)c1noc(C2CNCCC2C(C)Oc2cnc(Br)cn2)n1. The highest BCUT2D eigenvalue weighted by molar-refractivity contribution is 9.10. The summed E-state index contributed by atoms with van der Waals surface area (Å²) in [5, 5.41) is 7.51. The third-order valence-corrected chi connectivity index (χ3v) is 4.74. The van der Waals surface area contributed by atoms with Crippen molar-refractivity contribution < 1.29 is 9.26 Å². The highest BCUT2D eigenvalue weighted by Gasteiger charge is 2.35. The first kappa shape index (κ1) is 17.3. The van der Waals surface area contributed by atoms with Gasteiger partial charge in [-0.05, 0) is 35.8 Å². The molecule has 3 atom stereocenters. The predicted octanol–water partition coefficient (Wildman–Crippen LogP) is 2.91. The zero-order chi connectivity index (χ0) is 17.1. The van der Waals surface area contributed by atoms with Crippen molar-refractivity contribution in [3.8, 4) is 5.88 Å². The fraction of sp³-hybridized carbons (Fsp3) is 0.625. The Kier molecular flexibility index (Phi) is 5.45. The van der Waals surface area contributed by atoms with Crippen LogP contribution in [0.15, 0.2) is 21.5 Å². The molecule has 3 heterocycles. The van der Waals surface area contributed by atoms with Gasteiger partial charge in [0.2, 0.25) is 11.8 Å². The van der Waals surface area contributed by atoms with Crippen molar-refractivity contribution in [3.63, 3.8) is 0 Å². The minimum absolute atomic E-state index is 0.0259. The standard InChI is InChI=1S/C16H22BrN5O2/c1-9(2)15-21-16(24-22-15)12-6-18-5-4-11(12)10(3)23-14-8-19-13(17)7-20-14/h7-12,18H,4-6H2,1-3H3. The number of piperidine rings is 1. The van der Waals surface area contributed by atoms with Gasteiger partial charge in [-0.15, -0.1) is 0 Å². The summed E-state index contributed by atoms with van der Waals surface area (Å²) in [4.78, 5) is 13.0. The molecule has 3 rings (SSSR count). The van der Waals surface area contributed by atoms with Crippen molar-refractivity contribution in [2.24, 2.45) is 5.92 Å². The van der Waals surface area contributed by atoms with E-state index in [-0.39, 0.29) is 23.9 Å². The number of rotatable bonds is 5. The van der Waals surface area contributed by atoms with Crippen molar-refractivity contribution in [2.45, 2.75) is 45.1 Å². The van der Waals surface area contributed by atoms with E-state index in [0.717, 1.165) is 25.3 Å². The predicted molar refractivity (Wildman–Crippen MR) is 91.9 cm³/mol. The van der Waals surface area contributed by atoms with Crippen LogP contribution < -0.4 is 10.1 Å². The van der Waals surface area contributed by atoms with E-state index in [1.165, 1.54) is 0 Å². The molecular formula is C16H22BrN5O2. The Morgan fingerprint density at radius 3 is 2.79 bits per heavy atom. The van der Waals surface area contributed by atoms with E-state index in [0.29, 0.717) is 16.4 Å². The Labute approximate surface area is 149 Å². The normalized spacial score (nSPS) is 22.5. The fourth-order valence-electron chi connectivity index (χ4n) is 2.98. The van der Waals surface area contributed by atoms with Gasteiger partial charge in [-0.1, -0.05) is 19.0 Å². The number of nitrogens with zero attached hydrogens (tertiary/aromatic N) is 4. The Morgan fingerprint density at radius 1 is 1.29 bits per heavy atom. The molecule has 1 aliphatic rings. The van der Waals surface area contributed by atoms with Crippen LogP contribution in [0.25, 0.3) is 0 Å². The van der Waals surface area contributed by atoms with E-state index in [1.54, 1.807) is 12.4 Å². The number of halogens is 1. The fourth-order valence-corrected chi connectivity index (χ4v) is 3.19. The van der Waals surface area contributed by atoms with Crippen LogP contribution in [0, 0.1) is 5.92 Å². The van der Waals surface area contributed by atoms with Crippen LogP contribution in [0.5, 0.6) is 5.88 Å².